The lowest BCUT2D eigenvalue weighted by atomic mass is 9.95. The second kappa shape index (κ2) is 13.8. The van der Waals surface area contributed by atoms with E-state index in [0.717, 1.165) is 60.9 Å². The van der Waals surface area contributed by atoms with Crippen LogP contribution in [0, 0.1) is 11.6 Å². The van der Waals surface area contributed by atoms with Gasteiger partial charge in [-0.3, -0.25) is 13.9 Å². The highest BCUT2D eigenvalue weighted by Crippen LogP contribution is 2.27. The summed E-state index contributed by atoms with van der Waals surface area (Å²) in [6, 6.07) is 6.96. The minimum atomic E-state index is -3.85. The molecule has 0 saturated heterocycles. The average molecular weight is 605 g/mol. The molecule has 1 aliphatic carbocycles. The van der Waals surface area contributed by atoms with Crippen LogP contribution in [0.3, 0.4) is 0 Å². The Morgan fingerprint density at radius 1 is 1.05 bits per heavy atom. The maximum atomic E-state index is 13.8. The molecule has 1 N–H and O–H groups in total. The third-order valence-corrected chi connectivity index (χ3v) is 8.75. The second-order valence-corrected chi connectivity index (χ2v) is 12.5. The van der Waals surface area contributed by atoms with E-state index in [2.05, 4.69) is 5.32 Å². The number of amides is 2. The number of hydrogen-bond acceptors (Lipinski definition) is 4. The first kappa shape index (κ1) is 31.1. The van der Waals surface area contributed by atoms with Crippen molar-refractivity contribution in [2.75, 3.05) is 17.1 Å². The number of sulfonamides is 1. The second-order valence-electron chi connectivity index (χ2n) is 9.78. The van der Waals surface area contributed by atoms with E-state index >= 15 is 0 Å². The van der Waals surface area contributed by atoms with Gasteiger partial charge in [0.25, 0.3) is 0 Å². The molecule has 0 spiro atoms. The fraction of sp³-hybridized carbons (Fsp3) is 0.481. The van der Waals surface area contributed by atoms with Gasteiger partial charge in [-0.2, -0.15) is 0 Å². The molecule has 39 heavy (non-hydrogen) atoms. The first-order chi connectivity index (χ1) is 18.4. The van der Waals surface area contributed by atoms with Crippen LogP contribution in [0.5, 0.6) is 0 Å². The monoisotopic (exact) mass is 603 g/mol. The van der Waals surface area contributed by atoms with Gasteiger partial charge in [0.2, 0.25) is 21.8 Å². The molecule has 3 rings (SSSR count). The molecule has 0 unspecified atom stereocenters. The zero-order valence-electron chi connectivity index (χ0n) is 21.9. The molecule has 214 valence electrons. The average Bonchev–Trinajstić information content (AvgIpc) is 2.87. The molecule has 1 fully saturated rings. The van der Waals surface area contributed by atoms with Crippen molar-refractivity contribution in [1.82, 2.24) is 10.2 Å². The highest BCUT2D eigenvalue weighted by Gasteiger charge is 2.29. The number of rotatable bonds is 11. The van der Waals surface area contributed by atoms with Crippen LogP contribution in [-0.2, 0) is 26.2 Å². The predicted octanol–water partition coefficient (Wildman–Crippen LogP) is 5.68. The van der Waals surface area contributed by atoms with Crippen LogP contribution in [0.25, 0.3) is 0 Å². The van der Waals surface area contributed by atoms with Gasteiger partial charge in [-0.15, -0.1) is 0 Å². The Labute approximate surface area is 238 Å². The van der Waals surface area contributed by atoms with E-state index in [1.165, 1.54) is 4.90 Å². The molecule has 12 heteroatoms. The molecule has 2 aromatic carbocycles. The molecule has 2 aromatic rings. The number of nitrogens with one attached hydrogen (secondary N) is 1. The fourth-order valence-electron chi connectivity index (χ4n) is 4.65. The maximum Gasteiger partial charge on any atom is 0.242 e. The summed E-state index contributed by atoms with van der Waals surface area (Å²) in [6.45, 7) is 1.46. The minimum Gasteiger partial charge on any atom is -0.352 e. The third-order valence-electron chi connectivity index (χ3n) is 6.85. The zero-order chi connectivity index (χ0) is 28.7. The van der Waals surface area contributed by atoms with Gasteiger partial charge >= 0.3 is 0 Å². The lowest BCUT2D eigenvalue weighted by Crippen LogP contribution is -2.50. The summed E-state index contributed by atoms with van der Waals surface area (Å²) in [4.78, 5) is 28.0. The third kappa shape index (κ3) is 8.53. The summed E-state index contributed by atoms with van der Waals surface area (Å²) in [6.07, 6.45) is 5.86. The molecule has 1 atom stereocenters. The molecule has 0 bridgehead atoms. The van der Waals surface area contributed by atoms with Crippen LogP contribution in [0.4, 0.5) is 14.5 Å². The van der Waals surface area contributed by atoms with Crippen LogP contribution in [0.2, 0.25) is 10.0 Å². The highest BCUT2D eigenvalue weighted by molar-refractivity contribution is 7.92. The fourth-order valence-corrected chi connectivity index (χ4v) is 6.12. The van der Waals surface area contributed by atoms with Gasteiger partial charge in [0.05, 0.1) is 11.9 Å². The maximum absolute atomic E-state index is 13.8. The summed E-state index contributed by atoms with van der Waals surface area (Å²) < 4.78 is 52.8. The van der Waals surface area contributed by atoms with Gasteiger partial charge < -0.3 is 10.2 Å². The molecule has 0 aliphatic heterocycles. The van der Waals surface area contributed by atoms with E-state index in [0.29, 0.717) is 15.6 Å². The van der Waals surface area contributed by atoms with Gasteiger partial charge in [0.1, 0.15) is 6.04 Å². The summed E-state index contributed by atoms with van der Waals surface area (Å²) in [5.74, 6) is -2.98. The predicted molar refractivity (Wildman–Crippen MR) is 149 cm³/mol. The van der Waals surface area contributed by atoms with E-state index in [-0.39, 0.29) is 43.6 Å². The Kier molecular flexibility index (Phi) is 11.0. The van der Waals surface area contributed by atoms with Gasteiger partial charge in [0, 0.05) is 47.2 Å². The van der Waals surface area contributed by atoms with Crippen LogP contribution < -0.4 is 9.62 Å². The molecule has 0 radical (unpaired) electrons. The van der Waals surface area contributed by atoms with E-state index in [1.807, 2.05) is 0 Å². The molecule has 1 aliphatic rings. The van der Waals surface area contributed by atoms with E-state index in [4.69, 9.17) is 23.2 Å². The topological polar surface area (TPSA) is 86.8 Å². The van der Waals surface area contributed by atoms with Crippen molar-refractivity contribution in [2.24, 2.45) is 0 Å². The van der Waals surface area contributed by atoms with Gasteiger partial charge in [-0.05, 0) is 50.5 Å². The SMILES string of the molecule is C[C@H](C(=O)NC1CCCCC1)N(Cc1c(Cl)cccc1Cl)C(=O)CCCN(c1ccc(F)c(F)c1)S(C)(=O)=O. The van der Waals surface area contributed by atoms with Crippen LogP contribution >= 0.6 is 23.2 Å². The lowest BCUT2D eigenvalue weighted by molar-refractivity contribution is -0.141. The van der Waals surface area contributed by atoms with Crippen molar-refractivity contribution in [2.45, 2.75) is 70.5 Å². The first-order valence-electron chi connectivity index (χ1n) is 12.8. The van der Waals surface area contributed by atoms with E-state index in [1.54, 1.807) is 25.1 Å². The summed E-state index contributed by atoms with van der Waals surface area (Å²) in [7, 11) is -3.85. The Bertz CT molecular complexity index is 1270. The first-order valence-corrected chi connectivity index (χ1v) is 15.4. The number of benzene rings is 2. The van der Waals surface area contributed by atoms with E-state index in [9.17, 15) is 26.8 Å². The Morgan fingerprint density at radius 2 is 1.69 bits per heavy atom. The zero-order valence-corrected chi connectivity index (χ0v) is 24.3. The summed E-state index contributed by atoms with van der Waals surface area (Å²) in [5, 5.41) is 3.74. The molecular weight excluding hydrogens is 571 g/mol. The van der Waals surface area contributed by atoms with Crippen LogP contribution in [-0.4, -0.2) is 50.0 Å². The smallest absolute Gasteiger partial charge is 0.242 e. The molecule has 0 aromatic heterocycles. The van der Waals surface area contributed by atoms with Crippen molar-refractivity contribution in [3.05, 3.63) is 63.6 Å². The number of carbonyl (C=O) groups excluding carboxylic acids is 2. The van der Waals surface area contributed by atoms with E-state index < -0.39 is 33.6 Å². The lowest BCUT2D eigenvalue weighted by Gasteiger charge is -2.32. The van der Waals surface area contributed by atoms with Crippen LogP contribution in [0.1, 0.15) is 57.4 Å². The largest absolute Gasteiger partial charge is 0.352 e. The Morgan fingerprint density at radius 3 is 2.28 bits per heavy atom. The van der Waals surface area contributed by atoms with Crippen molar-refractivity contribution in [3.63, 3.8) is 0 Å². The number of nitrogens with zero attached hydrogens (tertiary/aromatic N) is 2. The molecule has 0 heterocycles. The number of halogens is 4. The van der Waals surface area contributed by atoms with Crippen molar-refractivity contribution in [1.29, 1.82) is 0 Å². The molecule has 7 nitrogen and oxygen atoms in total. The normalized spacial score (nSPS) is 15.0. The Hall–Kier alpha value is -2.43. The highest BCUT2D eigenvalue weighted by atomic mass is 35.5. The van der Waals surface area contributed by atoms with Gasteiger partial charge in [-0.1, -0.05) is 48.5 Å². The summed E-state index contributed by atoms with van der Waals surface area (Å²) in [5.41, 5.74) is 0.440. The number of hydrogen-bond donors (Lipinski definition) is 1. The number of carbonyl (C=O) groups is 2. The van der Waals surface area contributed by atoms with Crippen molar-refractivity contribution in [3.8, 4) is 0 Å². The van der Waals surface area contributed by atoms with Crippen LogP contribution in [0.15, 0.2) is 36.4 Å². The van der Waals surface area contributed by atoms with Gasteiger partial charge in [0.15, 0.2) is 11.6 Å². The Balaban J connectivity index is 1.77. The standard InChI is InChI=1S/C27H33Cl2F2N3O4S/c1-18(27(36)32-19-8-4-3-5-9-19)33(17-21-22(28)10-6-11-23(21)29)26(35)12-7-15-34(39(2,37)38)20-13-14-24(30)25(31)16-20/h6,10-11,13-14,16,18-19H,3-5,7-9,12,15,17H2,1-2H3,(H,32,36)/t18-/m1/s1. The van der Waals surface area contributed by atoms with Crippen molar-refractivity contribution < 1.29 is 26.8 Å². The quantitative estimate of drug-likeness (QED) is 0.358. The van der Waals surface area contributed by atoms with Gasteiger partial charge in [-0.25, -0.2) is 17.2 Å². The molecule has 2 amide bonds. The molecule has 1 saturated carbocycles. The molecular formula is C27H33Cl2F2N3O4S. The number of anilines is 1. The summed E-state index contributed by atoms with van der Waals surface area (Å²) >= 11 is 12.7. The van der Waals surface area contributed by atoms with Crippen molar-refractivity contribution >= 4 is 50.7 Å². The minimum absolute atomic E-state index is 0.0183.